The summed E-state index contributed by atoms with van der Waals surface area (Å²) >= 11 is 5.86. The maximum absolute atomic E-state index is 12.6. The number of methoxy groups -OCH3 is 2. The molecule has 0 saturated heterocycles. The van der Waals surface area contributed by atoms with E-state index in [1.165, 1.54) is 26.5 Å². The van der Waals surface area contributed by atoms with Crippen molar-refractivity contribution in [1.82, 2.24) is 5.16 Å². The molecule has 2 aromatic carbocycles. The number of ketones is 1. The molecular weight excluding hydrogens is 382 g/mol. The molecule has 142 valence electrons. The van der Waals surface area contributed by atoms with Gasteiger partial charge in [-0.25, -0.2) is 4.79 Å². The van der Waals surface area contributed by atoms with Crippen LogP contribution in [0.3, 0.4) is 0 Å². The van der Waals surface area contributed by atoms with Crippen LogP contribution in [0.1, 0.15) is 21.7 Å². The third-order valence-corrected chi connectivity index (χ3v) is 4.23. The predicted molar refractivity (Wildman–Crippen MR) is 104 cm³/mol. The van der Waals surface area contributed by atoms with Crippen molar-refractivity contribution < 1.29 is 23.6 Å². The number of esters is 1. The maximum Gasteiger partial charge on any atom is 0.341 e. The Hall–Kier alpha value is -3.38. The first-order chi connectivity index (χ1) is 13.5. The number of rotatable bonds is 6. The van der Waals surface area contributed by atoms with Gasteiger partial charge in [0.05, 0.1) is 20.5 Å². The van der Waals surface area contributed by atoms with Crippen LogP contribution in [0.5, 0.6) is 0 Å². The van der Waals surface area contributed by atoms with Crippen molar-refractivity contribution in [3.63, 3.8) is 0 Å². The SMILES string of the molecule is CO/C=C(\C(=O)OC)c1ccccc1-c1cc(C(=O)c2ccc(Cl)cc2)on1. The number of carbonyl (C=O) groups is 2. The van der Waals surface area contributed by atoms with Crippen molar-refractivity contribution in [3.8, 4) is 11.3 Å². The normalized spacial score (nSPS) is 11.2. The molecule has 0 spiro atoms. The Labute approximate surface area is 166 Å². The summed E-state index contributed by atoms with van der Waals surface area (Å²) in [5.41, 5.74) is 2.17. The zero-order chi connectivity index (χ0) is 20.1. The molecule has 28 heavy (non-hydrogen) atoms. The number of hydrogen-bond donors (Lipinski definition) is 0. The van der Waals surface area contributed by atoms with E-state index >= 15 is 0 Å². The number of carbonyl (C=O) groups excluding carboxylic acids is 2. The van der Waals surface area contributed by atoms with E-state index in [1.54, 1.807) is 48.5 Å². The highest BCUT2D eigenvalue weighted by Gasteiger charge is 2.21. The van der Waals surface area contributed by atoms with Crippen LogP contribution in [0, 0.1) is 0 Å². The van der Waals surface area contributed by atoms with Crippen molar-refractivity contribution in [2.45, 2.75) is 0 Å². The molecule has 0 aliphatic heterocycles. The van der Waals surface area contributed by atoms with E-state index in [-0.39, 0.29) is 17.1 Å². The minimum atomic E-state index is -0.560. The standard InChI is InChI=1S/C21H16ClNO5/c1-26-12-17(21(25)27-2)15-5-3-4-6-16(15)18-11-19(28-23-18)20(24)13-7-9-14(22)10-8-13/h3-12H,1-2H3/b17-12-. The van der Waals surface area contributed by atoms with Crippen molar-refractivity contribution >= 4 is 28.9 Å². The Bertz CT molecular complexity index is 1040. The fraction of sp³-hybridized carbons (Fsp3) is 0.0952. The largest absolute Gasteiger partial charge is 0.503 e. The van der Waals surface area contributed by atoms with Gasteiger partial charge in [0.15, 0.2) is 0 Å². The van der Waals surface area contributed by atoms with Crippen LogP contribution in [0.4, 0.5) is 0 Å². The van der Waals surface area contributed by atoms with Crippen molar-refractivity contribution in [3.05, 3.63) is 82.8 Å². The Kier molecular flexibility index (Phi) is 5.91. The number of nitrogens with zero attached hydrogens (tertiary/aromatic N) is 1. The van der Waals surface area contributed by atoms with Crippen molar-refractivity contribution in [1.29, 1.82) is 0 Å². The van der Waals surface area contributed by atoms with Gasteiger partial charge in [-0.3, -0.25) is 4.79 Å². The third kappa shape index (κ3) is 3.97. The molecule has 1 aromatic heterocycles. The molecule has 7 heteroatoms. The van der Waals surface area contributed by atoms with E-state index in [9.17, 15) is 9.59 Å². The van der Waals surface area contributed by atoms with Gasteiger partial charge in [-0.2, -0.15) is 0 Å². The van der Waals surface area contributed by atoms with Crippen LogP contribution in [0.25, 0.3) is 16.8 Å². The molecule has 0 saturated carbocycles. The van der Waals surface area contributed by atoms with Gasteiger partial charge in [-0.05, 0) is 24.3 Å². The van der Waals surface area contributed by atoms with Gasteiger partial charge < -0.3 is 14.0 Å². The molecule has 3 aromatic rings. The van der Waals surface area contributed by atoms with Crippen molar-refractivity contribution in [2.24, 2.45) is 0 Å². The zero-order valence-electron chi connectivity index (χ0n) is 15.1. The predicted octanol–water partition coefficient (Wildman–Crippen LogP) is 4.39. The zero-order valence-corrected chi connectivity index (χ0v) is 15.9. The van der Waals surface area contributed by atoms with Gasteiger partial charge in [-0.15, -0.1) is 0 Å². The van der Waals surface area contributed by atoms with Gasteiger partial charge >= 0.3 is 5.97 Å². The van der Waals surface area contributed by atoms with Crippen LogP contribution in [-0.4, -0.2) is 31.1 Å². The first kappa shape index (κ1) is 19.4. The van der Waals surface area contributed by atoms with Crippen LogP contribution in [-0.2, 0) is 14.3 Å². The molecule has 0 amide bonds. The molecule has 6 nitrogen and oxygen atoms in total. The fourth-order valence-corrected chi connectivity index (χ4v) is 2.77. The lowest BCUT2D eigenvalue weighted by Gasteiger charge is -2.09. The first-order valence-corrected chi connectivity index (χ1v) is 8.61. The van der Waals surface area contributed by atoms with E-state index in [4.69, 9.17) is 25.6 Å². The summed E-state index contributed by atoms with van der Waals surface area (Å²) in [7, 11) is 2.72. The lowest BCUT2D eigenvalue weighted by molar-refractivity contribution is -0.133. The summed E-state index contributed by atoms with van der Waals surface area (Å²) in [4.78, 5) is 24.7. The molecule has 1 heterocycles. The monoisotopic (exact) mass is 397 g/mol. The van der Waals surface area contributed by atoms with E-state index in [0.29, 0.717) is 27.4 Å². The Morgan fingerprint density at radius 3 is 2.46 bits per heavy atom. The molecule has 0 N–H and O–H groups in total. The lowest BCUT2D eigenvalue weighted by atomic mass is 9.98. The second-order valence-electron chi connectivity index (χ2n) is 5.72. The third-order valence-electron chi connectivity index (χ3n) is 3.97. The summed E-state index contributed by atoms with van der Waals surface area (Å²) in [6, 6.07) is 15.0. The molecule has 0 radical (unpaired) electrons. The van der Waals surface area contributed by atoms with Crippen LogP contribution < -0.4 is 0 Å². The Morgan fingerprint density at radius 1 is 1.07 bits per heavy atom. The molecule has 0 bridgehead atoms. The molecule has 0 aliphatic carbocycles. The minimum Gasteiger partial charge on any atom is -0.503 e. The van der Waals surface area contributed by atoms with E-state index in [1.807, 2.05) is 0 Å². The molecule has 0 fully saturated rings. The average molecular weight is 398 g/mol. The van der Waals surface area contributed by atoms with Crippen LogP contribution in [0.15, 0.2) is 65.4 Å². The summed E-state index contributed by atoms with van der Waals surface area (Å²) in [6.45, 7) is 0. The summed E-state index contributed by atoms with van der Waals surface area (Å²) in [5, 5.41) is 4.53. The molecular formula is C21H16ClNO5. The highest BCUT2D eigenvalue weighted by molar-refractivity contribution is 6.30. The molecule has 0 aliphatic rings. The molecule has 3 rings (SSSR count). The highest BCUT2D eigenvalue weighted by Crippen LogP contribution is 2.30. The number of benzene rings is 2. The van der Waals surface area contributed by atoms with Gasteiger partial charge in [0.2, 0.25) is 11.5 Å². The number of ether oxygens (including phenoxy) is 2. The first-order valence-electron chi connectivity index (χ1n) is 8.23. The van der Waals surface area contributed by atoms with E-state index in [2.05, 4.69) is 5.16 Å². The highest BCUT2D eigenvalue weighted by atomic mass is 35.5. The van der Waals surface area contributed by atoms with Gasteiger partial charge in [-0.1, -0.05) is 41.0 Å². The summed E-state index contributed by atoms with van der Waals surface area (Å²) < 4.78 is 15.1. The van der Waals surface area contributed by atoms with Gasteiger partial charge in [0.1, 0.15) is 11.3 Å². The smallest absolute Gasteiger partial charge is 0.341 e. The summed E-state index contributed by atoms with van der Waals surface area (Å²) in [6.07, 6.45) is 1.30. The van der Waals surface area contributed by atoms with Crippen LogP contribution in [0.2, 0.25) is 5.02 Å². The molecule has 0 unspecified atom stereocenters. The average Bonchev–Trinajstić information content (AvgIpc) is 3.21. The number of hydrogen-bond acceptors (Lipinski definition) is 6. The second kappa shape index (κ2) is 8.54. The number of halogens is 1. The Morgan fingerprint density at radius 2 is 1.79 bits per heavy atom. The minimum absolute atomic E-state index is 0.0717. The topological polar surface area (TPSA) is 78.6 Å². The van der Waals surface area contributed by atoms with E-state index < -0.39 is 5.97 Å². The maximum atomic E-state index is 12.6. The van der Waals surface area contributed by atoms with Gasteiger partial charge in [0.25, 0.3) is 0 Å². The quantitative estimate of drug-likeness (QED) is 0.266. The second-order valence-corrected chi connectivity index (χ2v) is 6.15. The van der Waals surface area contributed by atoms with Gasteiger partial charge in [0, 0.05) is 27.8 Å². The van der Waals surface area contributed by atoms with E-state index in [0.717, 1.165) is 0 Å². The lowest BCUT2D eigenvalue weighted by Crippen LogP contribution is -2.05. The molecule has 0 atom stereocenters. The fourth-order valence-electron chi connectivity index (χ4n) is 2.64. The number of aromatic nitrogens is 1. The van der Waals surface area contributed by atoms with Crippen molar-refractivity contribution in [2.75, 3.05) is 14.2 Å². The Balaban J connectivity index is 2.00. The van der Waals surface area contributed by atoms with Crippen LogP contribution >= 0.6 is 11.6 Å². The summed E-state index contributed by atoms with van der Waals surface area (Å²) in [5.74, 6) is -0.814.